The van der Waals surface area contributed by atoms with E-state index in [-0.39, 0.29) is 29.0 Å². The van der Waals surface area contributed by atoms with Crippen LogP contribution in [0.25, 0.3) is 0 Å². The monoisotopic (exact) mass is 524 g/mol. The van der Waals surface area contributed by atoms with E-state index < -0.39 is 23.6 Å². The Hall–Kier alpha value is -3.34. The molecule has 2 aromatic heterocycles. The molecule has 0 spiro atoms. The molecule has 1 fully saturated rings. The van der Waals surface area contributed by atoms with E-state index in [1.54, 1.807) is 21.8 Å². The highest BCUT2D eigenvalue weighted by molar-refractivity contribution is 6.31. The molecule has 0 aliphatic carbocycles. The molecule has 3 aromatic rings. The van der Waals surface area contributed by atoms with Crippen LogP contribution in [0.3, 0.4) is 0 Å². The fourth-order valence-corrected chi connectivity index (χ4v) is 4.53. The number of nitrogens with two attached hydrogens (primary N) is 1. The lowest BCUT2D eigenvalue weighted by Crippen LogP contribution is -2.47. The van der Waals surface area contributed by atoms with E-state index in [2.05, 4.69) is 10.1 Å². The molecule has 1 atom stereocenters. The SMILES string of the molecule is Cc1cc(C(F)(F)F)cc(N2CCC[C@H]2C(=O)N(CCCn2ccc(N)n2)c2ccc(F)c(Cl)c2)n1. The van der Waals surface area contributed by atoms with Gasteiger partial charge in [0.25, 0.3) is 0 Å². The molecule has 0 bridgehead atoms. The minimum absolute atomic E-state index is 0.0993. The van der Waals surface area contributed by atoms with Crippen molar-refractivity contribution in [1.29, 1.82) is 0 Å². The summed E-state index contributed by atoms with van der Waals surface area (Å²) in [7, 11) is 0. The molecule has 1 aromatic carbocycles. The Bertz CT molecular complexity index is 1250. The molecule has 12 heteroatoms. The summed E-state index contributed by atoms with van der Waals surface area (Å²) in [5.41, 5.74) is 5.44. The van der Waals surface area contributed by atoms with Gasteiger partial charge in [0.15, 0.2) is 0 Å². The highest BCUT2D eigenvalue weighted by Crippen LogP contribution is 2.34. The maximum atomic E-state index is 13.8. The van der Waals surface area contributed by atoms with Crippen LogP contribution in [0.4, 0.5) is 34.9 Å². The zero-order chi connectivity index (χ0) is 26.0. The summed E-state index contributed by atoms with van der Waals surface area (Å²) in [6.45, 7) is 2.59. The third-order valence-corrected chi connectivity index (χ3v) is 6.30. The van der Waals surface area contributed by atoms with Crippen LogP contribution < -0.4 is 15.5 Å². The van der Waals surface area contributed by atoms with Crippen molar-refractivity contribution >= 4 is 34.8 Å². The van der Waals surface area contributed by atoms with Gasteiger partial charge in [0, 0.05) is 37.2 Å². The van der Waals surface area contributed by atoms with Crippen LogP contribution in [0.2, 0.25) is 5.02 Å². The number of alkyl halides is 3. The number of hydrogen-bond donors (Lipinski definition) is 1. The second-order valence-corrected chi connectivity index (χ2v) is 9.06. The number of nitrogens with zero attached hydrogens (tertiary/aromatic N) is 5. The van der Waals surface area contributed by atoms with Gasteiger partial charge in [-0.1, -0.05) is 11.6 Å². The van der Waals surface area contributed by atoms with E-state index in [0.29, 0.717) is 43.9 Å². The largest absolute Gasteiger partial charge is 0.416 e. The summed E-state index contributed by atoms with van der Waals surface area (Å²) in [5.74, 6) is -0.473. The number of aryl methyl sites for hydroxylation is 2. The van der Waals surface area contributed by atoms with Crippen LogP contribution in [0.15, 0.2) is 42.6 Å². The van der Waals surface area contributed by atoms with E-state index in [0.717, 1.165) is 12.1 Å². The number of rotatable bonds is 7. The summed E-state index contributed by atoms with van der Waals surface area (Å²) < 4.78 is 55.7. The molecule has 1 amide bonds. The average Bonchev–Trinajstić information content (AvgIpc) is 3.46. The normalized spacial score (nSPS) is 15.9. The van der Waals surface area contributed by atoms with Gasteiger partial charge < -0.3 is 15.5 Å². The van der Waals surface area contributed by atoms with Crippen LogP contribution in [-0.2, 0) is 17.5 Å². The number of halogens is 5. The van der Waals surface area contributed by atoms with Crippen molar-refractivity contribution in [3.63, 3.8) is 0 Å². The maximum absolute atomic E-state index is 13.8. The Kier molecular flexibility index (Phi) is 7.39. The molecule has 1 saturated heterocycles. The summed E-state index contributed by atoms with van der Waals surface area (Å²) in [6.07, 6.45) is -1.27. The van der Waals surface area contributed by atoms with E-state index in [9.17, 15) is 22.4 Å². The smallest absolute Gasteiger partial charge is 0.382 e. The highest BCUT2D eigenvalue weighted by atomic mass is 35.5. The molecular formula is C24H25ClF4N6O. The third-order valence-electron chi connectivity index (χ3n) is 6.01. The van der Waals surface area contributed by atoms with Crippen LogP contribution in [0.1, 0.15) is 30.5 Å². The van der Waals surface area contributed by atoms with Crippen molar-refractivity contribution in [3.05, 3.63) is 64.7 Å². The standard InChI is InChI=1S/C24H25ClF4N6O/c1-15-12-16(24(27,28)29)13-22(31-15)35-9-2-4-20(35)23(36)34(17-5-6-19(26)18(25)14-17)10-3-8-33-11-7-21(30)32-33/h5-7,11-14,20H,2-4,8-10H2,1H3,(H2,30,32)/t20-/m0/s1. The molecule has 3 heterocycles. The van der Waals surface area contributed by atoms with E-state index in [1.807, 2.05) is 0 Å². The lowest BCUT2D eigenvalue weighted by atomic mass is 10.1. The zero-order valence-corrected chi connectivity index (χ0v) is 20.2. The van der Waals surface area contributed by atoms with Crippen LogP contribution in [-0.4, -0.2) is 39.8 Å². The number of pyridine rings is 1. The first kappa shape index (κ1) is 25.7. The van der Waals surface area contributed by atoms with Crippen molar-refractivity contribution in [2.75, 3.05) is 28.6 Å². The number of nitrogen functional groups attached to an aromatic ring is 1. The number of hydrogen-bond acceptors (Lipinski definition) is 5. The van der Waals surface area contributed by atoms with Gasteiger partial charge in [-0.2, -0.15) is 18.3 Å². The predicted molar refractivity (Wildman–Crippen MR) is 129 cm³/mol. The molecule has 0 radical (unpaired) electrons. The maximum Gasteiger partial charge on any atom is 0.416 e. The first-order valence-electron chi connectivity index (χ1n) is 11.4. The Morgan fingerprint density at radius 2 is 2.03 bits per heavy atom. The van der Waals surface area contributed by atoms with Crippen molar-refractivity contribution in [2.24, 2.45) is 0 Å². The molecular weight excluding hydrogens is 500 g/mol. The summed E-state index contributed by atoms with van der Waals surface area (Å²) >= 11 is 5.99. The molecule has 4 rings (SSSR count). The molecule has 0 saturated carbocycles. The van der Waals surface area contributed by atoms with Gasteiger partial charge in [0.05, 0.1) is 10.6 Å². The van der Waals surface area contributed by atoms with Gasteiger partial charge in [-0.15, -0.1) is 0 Å². The van der Waals surface area contributed by atoms with Crippen molar-refractivity contribution < 1.29 is 22.4 Å². The van der Waals surface area contributed by atoms with Crippen LogP contribution >= 0.6 is 11.6 Å². The van der Waals surface area contributed by atoms with Gasteiger partial charge in [0.1, 0.15) is 23.5 Å². The fourth-order valence-electron chi connectivity index (χ4n) is 4.35. The first-order valence-corrected chi connectivity index (χ1v) is 11.8. The second kappa shape index (κ2) is 10.3. The van der Waals surface area contributed by atoms with Crippen LogP contribution in [0, 0.1) is 12.7 Å². The minimum atomic E-state index is -4.53. The molecule has 1 aliphatic rings. The Balaban J connectivity index is 1.61. The number of amides is 1. The average molecular weight is 525 g/mol. The summed E-state index contributed by atoms with van der Waals surface area (Å²) in [4.78, 5) is 21.2. The van der Waals surface area contributed by atoms with Crippen molar-refractivity contribution in [3.8, 4) is 0 Å². The number of anilines is 3. The summed E-state index contributed by atoms with van der Waals surface area (Å²) in [5, 5.41) is 3.99. The Morgan fingerprint density at radius 3 is 2.69 bits per heavy atom. The molecule has 192 valence electrons. The molecule has 1 aliphatic heterocycles. The van der Waals surface area contributed by atoms with Gasteiger partial charge >= 0.3 is 6.18 Å². The van der Waals surface area contributed by atoms with Gasteiger partial charge in [-0.25, -0.2) is 9.37 Å². The lowest BCUT2D eigenvalue weighted by molar-refractivity contribution is -0.137. The topological polar surface area (TPSA) is 80.3 Å². The quantitative estimate of drug-likeness (QED) is 0.436. The third kappa shape index (κ3) is 5.72. The molecule has 2 N–H and O–H groups in total. The van der Waals surface area contributed by atoms with Crippen molar-refractivity contribution in [1.82, 2.24) is 14.8 Å². The summed E-state index contributed by atoms with van der Waals surface area (Å²) in [6, 6.07) is 6.87. The zero-order valence-electron chi connectivity index (χ0n) is 19.5. The number of carbonyl (C=O) groups excluding carboxylic acids is 1. The first-order chi connectivity index (χ1) is 17.0. The van der Waals surface area contributed by atoms with Gasteiger partial charge in [0.2, 0.25) is 5.91 Å². The molecule has 36 heavy (non-hydrogen) atoms. The molecule has 7 nitrogen and oxygen atoms in total. The fraction of sp³-hybridized carbons (Fsp3) is 0.375. The predicted octanol–water partition coefficient (Wildman–Crippen LogP) is 5.07. The van der Waals surface area contributed by atoms with E-state index >= 15 is 0 Å². The van der Waals surface area contributed by atoms with Gasteiger partial charge in [-0.3, -0.25) is 9.48 Å². The Labute approximate surface area is 210 Å². The van der Waals surface area contributed by atoms with Crippen LogP contribution in [0.5, 0.6) is 0 Å². The Morgan fingerprint density at radius 1 is 1.25 bits per heavy atom. The minimum Gasteiger partial charge on any atom is -0.382 e. The number of benzene rings is 1. The highest BCUT2D eigenvalue weighted by Gasteiger charge is 2.37. The lowest BCUT2D eigenvalue weighted by Gasteiger charge is -2.31. The van der Waals surface area contributed by atoms with Crippen molar-refractivity contribution in [2.45, 2.75) is 44.9 Å². The number of aromatic nitrogens is 3. The van der Waals surface area contributed by atoms with Gasteiger partial charge in [-0.05, 0) is 62.6 Å². The second-order valence-electron chi connectivity index (χ2n) is 8.65. The van der Waals surface area contributed by atoms with E-state index in [4.69, 9.17) is 17.3 Å². The van der Waals surface area contributed by atoms with E-state index in [1.165, 1.54) is 30.0 Å². The molecule has 0 unspecified atom stereocenters. The number of carbonyl (C=O) groups is 1.